The SMILES string of the molecule is CCN1C(=O)C(C)(C)COc2cc(NC(=O)c3ccccn3)ccc21. The molecule has 25 heavy (non-hydrogen) atoms. The summed E-state index contributed by atoms with van der Waals surface area (Å²) in [6.07, 6.45) is 1.57. The van der Waals surface area contributed by atoms with E-state index >= 15 is 0 Å². The van der Waals surface area contributed by atoms with Crippen molar-refractivity contribution in [2.24, 2.45) is 5.41 Å². The molecule has 0 aliphatic carbocycles. The highest BCUT2D eigenvalue weighted by atomic mass is 16.5. The van der Waals surface area contributed by atoms with Gasteiger partial charge in [-0.3, -0.25) is 14.6 Å². The van der Waals surface area contributed by atoms with E-state index in [2.05, 4.69) is 10.3 Å². The van der Waals surface area contributed by atoms with Gasteiger partial charge in [0.2, 0.25) is 5.91 Å². The van der Waals surface area contributed by atoms with Crippen molar-refractivity contribution < 1.29 is 14.3 Å². The molecule has 130 valence electrons. The van der Waals surface area contributed by atoms with Crippen molar-refractivity contribution in [2.75, 3.05) is 23.4 Å². The number of amides is 2. The minimum atomic E-state index is -0.605. The third kappa shape index (κ3) is 3.33. The zero-order valence-electron chi connectivity index (χ0n) is 14.6. The lowest BCUT2D eigenvalue weighted by atomic mass is 9.93. The largest absolute Gasteiger partial charge is 0.490 e. The number of hydrogen-bond donors (Lipinski definition) is 1. The highest BCUT2D eigenvalue weighted by molar-refractivity contribution is 6.04. The van der Waals surface area contributed by atoms with E-state index in [1.807, 2.05) is 20.8 Å². The predicted octanol–water partition coefficient (Wildman–Crippen LogP) is 3.11. The Morgan fingerprint density at radius 2 is 2.12 bits per heavy atom. The zero-order valence-corrected chi connectivity index (χ0v) is 14.6. The number of nitrogens with zero attached hydrogens (tertiary/aromatic N) is 2. The van der Waals surface area contributed by atoms with Crippen LogP contribution in [-0.4, -0.2) is 29.9 Å². The minimum Gasteiger partial charge on any atom is -0.490 e. The fourth-order valence-corrected chi connectivity index (χ4v) is 2.73. The summed E-state index contributed by atoms with van der Waals surface area (Å²) >= 11 is 0. The Labute approximate surface area is 146 Å². The number of hydrogen-bond acceptors (Lipinski definition) is 4. The molecule has 1 N–H and O–H groups in total. The molecule has 0 radical (unpaired) electrons. The van der Waals surface area contributed by atoms with Crippen LogP contribution in [0, 0.1) is 5.41 Å². The molecule has 1 aliphatic heterocycles. The van der Waals surface area contributed by atoms with Crippen LogP contribution in [0.2, 0.25) is 0 Å². The molecule has 6 nitrogen and oxygen atoms in total. The molecular formula is C19H21N3O3. The molecule has 1 aromatic heterocycles. The number of benzene rings is 1. The van der Waals surface area contributed by atoms with E-state index in [9.17, 15) is 9.59 Å². The lowest BCUT2D eigenvalue weighted by Gasteiger charge is -2.26. The van der Waals surface area contributed by atoms with Gasteiger partial charge < -0.3 is 15.0 Å². The minimum absolute atomic E-state index is 0.0269. The van der Waals surface area contributed by atoms with Crippen LogP contribution in [0.5, 0.6) is 5.75 Å². The molecule has 1 aromatic carbocycles. The number of carbonyl (C=O) groups excluding carboxylic acids is 2. The third-order valence-corrected chi connectivity index (χ3v) is 4.13. The van der Waals surface area contributed by atoms with Gasteiger partial charge in [0.15, 0.2) is 0 Å². The average Bonchev–Trinajstić information content (AvgIpc) is 2.71. The zero-order chi connectivity index (χ0) is 18.0. The number of anilines is 2. The van der Waals surface area contributed by atoms with Crippen molar-refractivity contribution in [1.29, 1.82) is 0 Å². The second-order valence-corrected chi connectivity index (χ2v) is 6.57. The van der Waals surface area contributed by atoms with Gasteiger partial charge in [-0.15, -0.1) is 0 Å². The Kier molecular flexibility index (Phi) is 4.44. The van der Waals surface area contributed by atoms with Gasteiger partial charge in [-0.1, -0.05) is 6.07 Å². The molecule has 6 heteroatoms. The van der Waals surface area contributed by atoms with E-state index in [1.165, 1.54) is 0 Å². The lowest BCUT2D eigenvalue weighted by molar-refractivity contribution is -0.127. The summed E-state index contributed by atoms with van der Waals surface area (Å²) in [5.74, 6) is 0.316. The summed E-state index contributed by atoms with van der Waals surface area (Å²) in [5, 5.41) is 2.81. The second kappa shape index (κ2) is 6.55. The maximum atomic E-state index is 12.7. The van der Waals surface area contributed by atoms with Crippen LogP contribution in [0.25, 0.3) is 0 Å². The van der Waals surface area contributed by atoms with E-state index in [1.54, 1.807) is 47.5 Å². The van der Waals surface area contributed by atoms with Crippen LogP contribution in [-0.2, 0) is 4.79 Å². The van der Waals surface area contributed by atoms with Crippen molar-refractivity contribution in [2.45, 2.75) is 20.8 Å². The standard InChI is InChI=1S/C19H21N3O3/c1-4-22-15-9-8-13(21-17(23)14-7-5-6-10-20-14)11-16(15)25-12-19(2,3)18(22)24/h5-11H,4,12H2,1-3H3,(H,21,23). The summed E-state index contributed by atoms with van der Waals surface area (Å²) in [6, 6.07) is 10.5. The molecule has 0 fully saturated rings. The Morgan fingerprint density at radius 3 is 2.80 bits per heavy atom. The molecule has 0 saturated heterocycles. The number of aromatic nitrogens is 1. The van der Waals surface area contributed by atoms with Crippen LogP contribution < -0.4 is 15.0 Å². The number of ether oxygens (including phenoxy) is 1. The molecule has 0 saturated carbocycles. The molecule has 0 atom stereocenters. The molecule has 2 heterocycles. The Hall–Kier alpha value is -2.89. The van der Waals surface area contributed by atoms with Crippen molar-refractivity contribution in [3.8, 4) is 5.75 Å². The van der Waals surface area contributed by atoms with Crippen LogP contribution in [0.3, 0.4) is 0 Å². The number of fused-ring (bicyclic) bond motifs is 1. The molecular weight excluding hydrogens is 318 g/mol. The maximum Gasteiger partial charge on any atom is 0.274 e. The Morgan fingerprint density at radius 1 is 1.32 bits per heavy atom. The van der Waals surface area contributed by atoms with Gasteiger partial charge in [0.05, 0.1) is 11.1 Å². The van der Waals surface area contributed by atoms with E-state index in [-0.39, 0.29) is 18.4 Å². The van der Waals surface area contributed by atoms with Crippen molar-refractivity contribution >= 4 is 23.2 Å². The van der Waals surface area contributed by atoms with Gasteiger partial charge in [0.25, 0.3) is 5.91 Å². The topological polar surface area (TPSA) is 71.5 Å². The number of rotatable bonds is 3. The first kappa shape index (κ1) is 17.0. The molecule has 2 amide bonds. The quantitative estimate of drug-likeness (QED) is 0.933. The van der Waals surface area contributed by atoms with Crippen LogP contribution in [0.15, 0.2) is 42.6 Å². The summed E-state index contributed by atoms with van der Waals surface area (Å²) in [6.45, 7) is 6.51. The second-order valence-electron chi connectivity index (χ2n) is 6.57. The van der Waals surface area contributed by atoms with Crippen LogP contribution >= 0.6 is 0 Å². The third-order valence-electron chi connectivity index (χ3n) is 4.13. The van der Waals surface area contributed by atoms with E-state index in [0.717, 1.165) is 0 Å². The molecule has 2 aromatic rings. The lowest BCUT2D eigenvalue weighted by Crippen LogP contribution is -2.42. The van der Waals surface area contributed by atoms with Gasteiger partial charge >= 0.3 is 0 Å². The van der Waals surface area contributed by atoms with Crippen LogP contribution in [0.4, 0.5) is 11.4 Å². The fraction of sp³-hybridized carbons (Fsp3) is 0.316. The summed E-state index contributed by atoms with van der Waals surface area (Å²) in [5.41, 5.74) is 1.04. The number of pyridine rings is 1. The highest BCUT2D eigenvalue weighted by Gasteiger charge is 2.37. The van der Waals surface area contributed by atoms with Crippen molar-refractivity contribution in [1.82, 2.24) is 4.98 Å². The summed E-state index contributed by atoms with van der Waals surface area (Å²) in [4.78, 5) is 30.7. The first-order valence-corrected chi connectivity index (χ1v) is 8.23. The van der Waals surface area contributed by atoms with E-state index in [4.69, 9.17) is 4.74 Å². The molecule has 0 spiro atoms. The first-order valence-electron chi connectivity index (χ1n) is 8.23. The molecule has 3 rings (SSSR count). The Balaban J connectivity index is 1.89. The molecule has 0 unspecified atom stereocenters. The summed E-state index contributed by atoms with van der Waals surface area (Å²) < 4.78 is 5.86. The summed E-state index contributed by atoms with van der Waals surface area (Å²) in [7, 11) is 0. The van der Waals surface area contributed by atoms with Crippen molar-refractivity contribution in [3.63, 3.8) is 0 Å². The van der Waals surface area contributed by atoms with Gasteiger partial charge in [-0.05, 0) is 45.0 Å². The van der Waals surface area contributed by atoms with Gasteiger partial charge in [0.1, 0.15) is 18.1 Å². The van der Waals surface area contributed by atoms with Crippen LogP contribution in [0.1, 0.15) is 31.3 Å². The first-order chi connectivity index (χ1) is 11.9. The normalized spacial score (nSPS) is 15.8. The van der Waals surface area contributed by atoms with Gasteiger partial charge in [-0.25, -0.2) is 0 Å². The molecule has 0 bridgehead atoms. The fourth-order valence-electron chi connectivity index (χ4n) is 2.73. The Bertz CT molecular complexity index is 803. The monoisotopic (exact) mass is 339 g/mol. The highest BCUT2D eigenvalue weighted by Crippen LogP contribution is 2.38. The van der Waals surface area contributed by atoms with Crippen molar-refractivity contribution in [3.05, 3.63) is 48.3 Å². The predicted molar refractivity (Wildman–Crippen MR) is 95.9 cm³/mol. The average molecular weight is 339 g/mol. The smallest absolute Gasteiger partial charge is 0.274 e. The number of carbonyl (C=O) groups is 2. The van der Waals surface area contributed by atoms with Gasteiger partial charge in [-0.2, -0.15) is 0 Å². The van der Waals surface area contributed by atoms with E-state index < -0.39 is 5.41 Å². The van der Waals surface area contributed by atoms with E-state index in [0.29, 0.717) is 29.4 Å². The molecule has 1 aliphatic rings. The van der Waals surface area contributed by atoms with Gasteiger partial charge in [0, 0.05) is 24.5 Å². The number of nitrogens with one attached hydrogen (secondary N) is 1. The maximum absolute atomic E-state index is 12.7.